The van der Waals surface area contributed by atoms with Crippen LogP contribution in [0.2, 0.25) is 0 Å². The second kappa shape index (κ2) is 2.69. The fraction of sp³-hybridized carbons (Fsp3) is 0.375. The first-order valence-corrected chi connectivity index (χ1v) is 3.22. The lowest BCUT2D eigenvalue weighted by Crippen LogP contribution is -1.91. The average Bonchev–Trinajstić information content (AvgIpc) is 1.94. The minimum absolute atomic E-state index is 0.722. The highest BCUT2D eigenvalue weighted by atomic mass is 16.5. The van der Waals surface area contributed by atoms with E-state index < -0.39 is 0 Å². The van der Waals surface area contributed by atoms with Gasteiger partial charge in [0.05, 0.1) is 7.11 Å². The van der Waals surface area contributed by atoms with Gasteiger partial charge in [0, 0.05) is 11.3 Å². The Morgan fingerprint density at radius 1 is 1.30 bits per heavy atom. The highest BCUT2D eigenvalue weighted by molar-refractivity contribution is 5.25. The van der Waals surface area contributed by atoms with E-state index in [4.69, 9.17) is 4.74 Å². The molecular weight excluding hydrogens is 126 g/mol. The zero-order chi connectivity index (χ0) is 7.56. The van der Waals surface area contributed by atoms with Gasteiger partial charge in [0.2, 0.25) is 5.88 Å². The molecule has 0 unspecified atom stereocenters. The van der Waals surface area contributed by atoms with Crippen molar-refractivity contribution >= 4 is 0 Å². The van der Waals surface area contributed by atoms with E-state index in [0.717, 1.165) is 17.1 Å². The van der Waals surface area contributed by atoms with Gasteiger partial charge in [0.25, 0.3) is 0 Å². The van der Waals surface area contributed by atoms with Crippen molar-refractivity contribution in [3.05, 3.63) is 23.4 Å². The zero-order valence-electron chi connectivity index (χ0n) is 6.51. The van der Waals surface area contributed by atoms with Crippen LogP contribution in [0.1, 0.15) is 11.3 Å². The maximum Gasteiger partial charge on any atom is 0.216 e. The van der Waals surface area contributed by atoms with Crippen LogP contribution >= 0.6 is 0 Å². The maximum absolute atomic E-state index is 5.01. The summed E-state index contributed by atoms with van der Waals surface area (Å²) in [6.07, 6.45) is 0. The predicted molar refractivity (Wildman–Crippen MR) is 40.3 cm³/mol. The summed E-state index contributed by atoms with van der Waals surface area (Å²) in [6, 6.07) is 3.97. The number of rotatable bonds is 1. The number of aromatic nitrogens is 1. The van der Waals surface area contributed by atoms with Crippen molar-refractivity contribution in [2.45, 2.75) is 13.8 Å². The highest BCUT2D eigenvalue weighted by Gasteiger charge is 1.96. The Morgan fingerprint density at radius 3 is 2.50 bits per heavy atom. The number of hydrogen-bond acceptors (Lipinski definition) is 2. The summed E-state index contributed by atoms with van der Waals surface area (Å²) in [5.41, 5.74) is 2.07. The molecule has 0 bridgehead atoms. The summed E-state index contributed by atoms with van der Waals surface area (Å²) < 4.78 is 5.01. The van der Waals surface area contributed by atoms with Crippen molar-refractivity contribution in [3.8, 4) is 5.88 Å². The molecule has 2 nitrogen and oxygen atoms in total. The molecule has 0 saturated carbocycles. The summed E-state index contributed by atoms with van der Waals surface area (Å²) in [5, 5.41) is 0. The first-order chi connectivity index (χ1) is 4.74. The predicted octanol–water partition coefficient (Wildman–Crippen LogP) is 1.71. The largest absolute Gasteiger partial charge is 0.481 e. The van der Waals surface area contributed by atoms with Crippen LogP contribution in [0.5, 0.6) is 5.88 Å². The van der Waals surface area contributed by atoms with Gasteiger partial charge in [-0.1, -0.05) is 6.07 Å². The number of methoxy groups -OCH3 is 1. The fourth-order valence-corrected chi connectivity index (χ4v) is 0.809. The van der Waals surface area contributed by atoms with E-state index >= 15 is 0 Å². The van der Waals surface area contributed by atoms with Crippen molar-refractivity contribution in [3.63, 3.8) is 0 Å². The Balaban J connectivity index is 3.09. The minimum atomic E-state index is 0.722. The molecule has 1 rings (SSSR count). The molecule has 1 heterocycles. The van der Waals surface area contributed by atoms with E-state index in [-0.39, 0.29) is 0 Å². The quantitative estimate of drug-likeness (QED) is 0.587. The van der Waals surface area contributed by atoms with Gasteiger partial charge in [0.15, 0.2) is 0 Å². The lowest BCUT2D eigenvalue weighted by atomic mass is 10.3. The Labute approximate surface area is 60.9 Å². The van der Waals surface area contributed by atoms with Crippen LogP contribution in [0.3, 0.4) is 0 Å². The number of hydrogen-bond donors (Lipinski definition) is 0. The van der Waals surface area contributed by atoms with Crippen LogP contribution in [0, 0.1) is 13.8 Å². The monoisotopic (exact) mass is 137 g/mol. The van der Waals surface area contributed by atoms with Crippen molar-refractivity contribution in [2.75, 3.05) is 7.11 Å². The Kier molecular flexibility index (Phi) is 1.90. The molecule has 2 heteroatoms. The molecule has 1 aromatic heterocycles. The van der Waals surface area contributed by atoms with E-state index in [1.54, 1.807) is 7.11 Å². The molecule has 10 heavy (non-hydrogen) atoms. The van der Waals surface area contributed by atoms with Crippen LogP contribution in [0.4, 0.5) is 0 Å². The van der Waals surface area contributed by atoms with E-state index in [1.807, 2.05) is 26.0 Å². The van der Waals surface area contributed by atoms with Gasteiger partial charge in [-0.15, -0.1) is 0 Å². The summed E-state index contributed by atoms with van der Waals surface area (Å²) in [5.74, 6) is 0.722. The van der Waals surface area contributed by atoms with Gasteiger partial charge in [0.1, 0.15) is 0 Å². The Hall–Kier alpha value is -1.05. The third-order valence-electron chi connectivity index (χ3n) is 1.38. The summed E-state index contributed by atoms with van der Waals surface area (Å²) in [4.78, 5) is 4.17. The molecule has 0 atom stereocenters. The Bertz CT molecular complexity index is 233. The molecule has 0 fully saturated rings. The molecule has 0 aliphatic rings. The fourth-order valence-electron chi connectivity index (χ4n) is 0.809. The standard InChI is InChI=1S/C8H11NO/c1-6-4-5-7(2)9-8(6)10-3/h4-5H,1-3H3. The summed E-state index contributed by atoms with van der Waals surface area (Å²) >= 11 is 0. The molecule has 0 amide bonds. The smallest absolute Gasteiger partial charge is 0.216 e. The molecule has 0 spiro atoms. The van der Waals surface area contributed by atoms with Crippen molar-refractivity contribution < 1.29 is 4.74 Å². The number of pyridine rings is 1. The topological polar surface area (TPSA) is 22.1 Å². The second-order valence-corrected chi connectivity index (χ2v) is 2.28. The molecule has 0 aliphatic carbocycles. The molecule has 54 valence electrons. The van der Waals surface area contributed by atoms with Crippen LogP contribution < -0.4 is 4.74 Å². The van der Waals surface area contributed by atoms with Crippen molar-refractivity contribution in [1.29, 1.82) is 0 Å². The first kappa shape index (κ1) is 7.06. The van der Waals surface area contributed by atoms with Gasteiger partial charge in [-0.25, -0.2) is 4.98 Å². The second-order valence-electron chi connectivity index (χ2n) is 2.28. The van der Waals surface area contributed by atoms with Crippen LogP contribution in [0.15, 0.2) is 12.1 Å². The molecule has 0 aromatic carbocycles. The van der Waals surface area contributed by atoms with Gasteiger partial charge >= 0.3 is 0 Å². The van der Waals surface area contributed by atoms with Gasteiger partial charge in [-0.2, -0.15) is 0 Å². The van der Waals surface area contributed by atoms with Gasteiger partial charge in [-0.3, -0.25) is 0 Å². The first-order valence-electron chi connectivity index (χ1n) is 3.22. The van der Waals surface area contributed by atoms with E-state index in [0.29, 0.717) is 0 Å². The molecule has 0 radical (unpaired) electrons. The maximum atomic E-state index is 5.01. The van der Waals surface area contributed by atoms with Crippen LogP contribution in [-0.4, -0.2) is 12.1 Å². The highest BCUT2D eigenvalue weighted by Crippen LogP contribution is 2.12. The Morgan fingerprint density at radius 2 is 2.00 bits per heavy atom. The molecular formula is C8H11NO. The molecule has 0 saturated heterocycles. The van der Waals surface area contributed by atoms with Gasteiger partial charge < -0.3 is 4.74 Å². The lowest BCUT2D eigenvalue weighted by Gasteiger charge is -2.02. The lowest BCUT2D eigenvalue weighted by molar-refractivity contribution is 0.393. The third-order valence-corrected chi connectivity index (χ3v) is 1.38. The minimum Gasteiger partial charge on any atom is -0.481 e. The van der Waals surface area contributed by atoms with Crippen LogP contribution in [-0.2, 0) is 0 Å². The van der Waals surface area contributed by atoms with E-state index in [9.17, 15) is 0 Å². The molecule has 1 aromatic rings. The van der Waals surface area contributed by atoms with E-state index in [2.05, 4.69) is 4.98 Å². The molecule has 0 aliphatic heterocycles. The number of aryl methyl sites for hydroxylation is 2. The SMILES string of the molecule is COc1nc(C)ccc1C. The van der Waals surface area contributed by atoms with Crippen molar-refractivity contribution in [1.82, 2.24) is 4.98 Å². The normalized spacial score (nSPS) is 9.50. The molecule has 0 N–H and O–H groups in total. The third kappa shape index (κ3) is 1.26. The summed E-state index contributed by atoms with van der Waals surface area (Å²) in [6.45, 7) is 3.92. The van der Waals surface area contributed by atoms with E-state index in [1.165, 1.54) is 0 Å². The zero-order valence-corrected chi connectivity index (χ0v) is 6.51. The number of ether oxygens (including phenoxy) is 1. The summed E-state index contributed by atoms with van der Waals surface area (Å²) in [7, 11) is 1.63. The van der Waals surface area contributed by atoms with Crippen LogP contribution in [0.25, 0.3) is 0 Å². The van der Waals surface area contributed by atoms with Gasteiger partial charge in [-0.05, 0) is 19.9 Å². The number of nitrogens with zero attached hydrogens (tertiary/aromatic N) is 1. The van der Waals surface area contributed by atoms with Crippen molar-refractivity contribution in [2.24, 2.45) is 0 Å². The average molecular weight is 137 g/mol.